The van der Waals surface area contributed by atoms with Crippen LogP contribution in [0.15, 0.2) is 54.6 Å². The Labute approximate surface area is 144 Å². The van der Waals surface area contributed by atoms with Crippen molar-refractivity contribution in [3.8, 4) is 0 Å². The van der Waals surface area contributed by atoms with E-state index in [1.807, 2.05) is 25.1 Å². The molecule has 0 aliphatic heterocycles. The van der Waals surface area contributed by atoms with Crippen molar-refractivity contribution in [2.24, 2.45) is 0 Å². The van der Waals surface area contributed by atoms with Gasteiger partial charge >= 0.3 is 0 Å². The van der Waals surface area contributed by atoms with Crippen molar-refractivity contribution in [1.82, 2.24) is 4.98 Å². The van der Waals surface area contributed by atoms with Crippen molar-refractivity contribution in [3.05, 3.63) is 81.3 Å². The number of rotatable bonds is 4. The van der Waals surface area contributed by atoms with E-state index in [1.165, 1.54) is 16.9 Å². The van der Waals surface area contributed by atoms with Crippen LogP contribution in [0.4, 0.5) is 5.13 Å². The Hall–Kier alpha value is -2.17. The van der Waals surface area contributed by atoms with Gasteiger partial charge in [0.25, 0.3) is 5.91 Å². The fraction of sp³-hybridized carbons (Fsp3) is 0.111. The Morgan fingerprint density at radius 3 is 2.52 bits per heavy atom. The van der Waals surface area contributed by atoms with Crippen molar-refractivity contribution in [2.45, 2.75) is 13.3 Å². The number of aryl methyl sites for hydroxylation is 1. The number of aromatic nitrogens is 1. The van der Waals surface area contributed by atoms with Gasteiger partial charge < -0.3 is 0 Å². The van der Waals surface area contributed by atoms with Gasteiger partial charge in [-0.25, -0.2) is 4.98 Å². The molecule has 0 aliphatic rings. The molecule has 1 N–H and O–H groups in total. The van der Waals surface area contributed by atoms with Crippen molar-refractivity contribution < 1.29 is 4.79 Å². The number of hydrogen-bond acceptors (Lipinski definition) is 3. The molecule has 0 atom stereocenters. The number of halogens is 1. The predicted octanol–water partition coefficient (Wildman–Crippen LogP) is 4.95. The van der Waals surface area contributed by atoms with Crippen LogP contribution in [0.3, 0.4) is 0 Å². The maximum Gasteiger partial charge on any atom is 0.257 e. The molecular weight excluding hydrogens is 328 g/mol. The van der Waals surface area contributed by atoms with Crippen LogP contribution in [0.1, 0.15) is 26.5 Å². The Bertz CT molecular complexity index is 813. The number of carbonyl (C=O) groups is 1. The molecule has 0 bridgehead atoms. The molecule has 1 heterocycles. The normalized spacial score (nSPS) is 10.5. The zero-order valence-electron chi connectivity index (χ0n) is 12.5. The van der Waals surface area contributed by atoms with E-state index in [0.29, 0.717) is 15.7 Å². The third-order valence-corrected chi connectivity index (χ3v) is 4.75. The molecule has 0 saturated heterocycles. The fourth-order valence-electron chi connectivity index (χ4n) is 2.20. The molecule has 0 aliphatic carbocycles. The van der Waals surface area contributed by atoms with E-state index in [4.69, 9.17) is 11.6 Å². The summed E-state index contributed by atoms with van der Waals surface area (Å²) in [6.07, 6.45) is 0.821. The first-order chi connectivity index (χ1) is 11.1. The first-order valence-corrected chi connectivity index (χ1v) is 8.38. The highest BCUT2D eigenvalue weighted by Crippen LogP contribution is 2.25. The van der Waals surface area contributed by atoms with Gasteiger partial charge in [0.1, 0.15) is 0 Å². The van der Waals surface area contributed by atoms with E-state index >= 15 is 0 Å². The predicted molar refractivity (Wildman–Crippen MR) is 95.5 cm³/mol. The molecule has 1 amide bonds. The van der Waals surface area contributed by atoms with Crippen LogP contribution in [-0.4, -0.2) is 10.9 Å². The average molecular weight is 343 g/mol. The van der Waals surface area contributed by atoms with Gasteiger partial charge in [-0.05, 0) is 36.8 Å². The van der Waals surface area contributed by atoms with Crippen molar-refractivity contribution in [2.75, 3.05) is 5.32 Å². The monoisotopic (exact) mass is 342 g/mol. The summed E-state index contributed by atoms with van der Waals surface area (Å²) in [5.74, 6) is -0.179. The van der Waals surface area contributed by atoms with Crippen LogP contribution in [0.5, 0.6) is 0 Å². The van der Waals surface area contributed by atoms with Gasteiger partial charge in [-0.15, -0.1) is 11.3 Å². The lowest BCUT2D eigenvalue weighted by Crippen LogP contribution is -2.11. The van der Waals surface area contributed by atoms with Crippen LogP contribution >= 0.6 is 22.9 Å². The minimum absolute atomic E-state index is 0.179. The van der Waals surface area contributed by atoms with Gasteiger partial charge in [0, 0.05) is 21.9 Å². The molecule has 0 fully saturated rings. The molecule has 23 heavy (non-hydrogen) atoms. The second-order valence-electron chi connectivity index (χ2n) is 5.15. The molecule has 3 aromatic rings. The summed E-state index contributed by atoms with van der Waals surface area (Å²) >= 11 is 7.35. The second-order valence-corrected chi connectivity index (χ2v) is 6.67. The van der Waals surface area contributed by atoms with Gasteiger partial charge in [0.15, 0.2) is 5.13 Å². The third kappa shape index (κ3) is 3.97. The molecule has 0 radical (unpaired) electrons. The standard InChI is InChI=1S/C18H15ClN2OS/c1-12-16(11-13-5-3-2-4-6-13)23-18(20-12)21-17(22)14-7-9-15(19)10-8-14/h2-10H,11H2,1H3,(H,20,21,22). The Morgan fingerprint density at radius 2 is 1.83 bits per heavy atom. The molecule has 3 rings (SSSR count). The number of amides is 1. The summed E-state index contributed by atoms with van der Waals surface area (Å²) in [5.41, 5.74) is 2.74. The Balaban J connectivity index is 1.73. The van der Waals surface area contributed by atoms with Crippen molar-refractivity contribution in [1.29, 1.82) is 0 Å². The molecule has 3 nitrogen and oxygen atoms in total. The number of hydrogen-bond donors (Lipinski definition) is 1. The summed E-state index contributed by atoms with van der Waals surface area (Å²) in [5, 5.41) is 4.08. The van der Waals surface area contributed by atoms with Crippen LogP contribution in [0, 0.1) is 6.92 Å². The molecule has 0 spiro atoms. The number of benzene rings is 2. The lowest BCUT2D eigenvalue weighted by Gasteiger charge is -2.01. The maximum atomic E-state index is 12.2. The maximum absolute atomic E-state index is 12.2. The molecular formula is C18H15ClN2OS. The molecule has 2 aromatic carbocycles. The topological polar surface area (TPSA) is 42.0 Å². The third-order valence-electron chi connectivity index (χ3n) is 3.43. The Morgan fingerprint density at radius 1 is 1.13 bits per heavy atom. The first kappa shape index (κ1) is 15.7. The summed E-state index contributed by atoms with van der Waals surface area (Å²) in [6, 6.07) is 17.0. The molecule has 1 aromatic heterocycles. The minimum atomic E-state index is -0.179. The number of nitrogens with one attached hydrogen (secondary N) is 1. The quantitative estimate of drug-likeness (QED) is 0.729. The highest BCUT2D eigenvalue weighted by atomic mass is 35.5. The molecule has 116 valence electrons. The Kier molecular flexibility index (Phi) is 4.74. The van der Waals surface area contributed by atoms with Crippen LogP contribution in [0.2, 0.25) is 5.02 Å². The SMILES string of the molecule is Cc1nc(NC(=O)c2ccc(Cl)cc2)sc1Cc1ccccc1. The highest BCUT2D eigenvalue weighted by molar-refractivity contribution is 7.15. The van der Waals surface area contributed by atoms with Crippen molar-refractivity contribution in [3.63, 3.8) is 0 Å². The van der Waals surface area contributed by atoms with Crippen molar-refractivity contribution >= 4 is 34.0 Å². The number of thiazole rings is 1. The zero-order valence-corrected chi connectivity index (χ0v) is 14.1. The lowest BCUT2D eigenvalue weighted by atomic mass is 10.1. The van der Waals surface area contributed by atoms with Gasteiger partial charge in [0.2, 0.25) is 0 Å². The van der Waals surface area contributed by atoms with E-state index in [1.54, 1.807) is 24.3 Å². The first-order valence-electron chi connectivity index (χ1n) is 7.19. The second kappa shape index (κ2) is 6.94. The molecule has 0 saturated carbocycles. The highest BCUT2D eigenvalue weighted by Gasteiger charge is 2.12. The molecule has 0 unspecified atom stereocenters. The molecule has 5 heteroatoms. The van der Waals surface area contributed by atoms with Crippen LogP contribution in [-0.2, 0) is 6.42 Å². The van der Waals surface area contributed by atoms with Gasteiger partial charge in [-0.1, -0.05) is 41.9 Å². The average Bonchev–Trinajstić information content (AvgIpc) is 2.88. The number of carbonyl (C=O) groups excluding carboxylic acids is 1. The van der Waals surface area contributed by atoms with Gasteiger partial charge in [0.05, 0.1) is 5.69 Å². The van der Waals surface area contributed by atoms with E-state index in [-0.39, 0.29) is 5.91 Å². The van der Waals surface area contributed by atoms with E-state index in [2.05, 4.69) is 22.4 Å². The number of nitrogens with zero attached hydrogens (tertiary/aromatic N) is 1. The lowest BCUT2D eigenvalue weighted by molar-refractivity contribution is 0.102. The summed E-state index contributed by atoms with van der Waals surface area (Å²) < 4.78 is 0. The van der Waals surface area contributed by atoms with Crippen LogP contribution in [0.25, 0.3) is 0 Å². The zero-order chi connectivity index (χ0) is 16.2. The summed E-state index contributed by atoms with van der Waals surface area (Å²) in [4.78, 5) is 17.8. The summed E-state index contributed by atoms with van der Waals surface area (Å²) in [6.45, 7) is 1.96. The summed E-state index contributed by atoms with van der Waals surface area (Å²) in [7, 11) is 0. The fourth-order valence-corrected chi connectivity index (χ4v) is 3.32. The van der Waals surface area contributed by atoms with Gasteiger partial charge in [-0.3, -0.25) is 10.1 Å². The largest absolute Gasteiger partial charge is 0.298 e. The van der Waals surface area contributed by atoms with E-state index < -0.39 is 0 Å². The van der Waals surface area contributed by atoms with Gasteiger partial charge in [-0.2, -0.15) is 0 Å². The minimum Gasteiger partial charge on any atom is -0.298 e. The smallest absolute Gasteiger partial charge is 0.257 e. The van der Waals surface area contributed by atoms with E-state index in [9.17, 15) is 4.79 Å². The van der Waals surface area contributed by atoms with E-state index in [0.717, 1.165) is 17.0 Å². The van der Waals surface area contributed by atoms with Crippen LogP contribution < -0.4 is 5.32 Å². The number of anilines is 1.